The number of rotatable bonds is 5. The summed E-state index contributed by atoms with van der Waals surface area (Å²) in [6, 6.07) is 19.5. The first kappa shape index (κ1) is 16.7. The standard InChI is InChI=1S/C19H24NOP/c1-5-18(16-12-8-6-9-13-16)20-22(21,19(2,3)4)17-14-10-7-11-15-17/h5-15,18H,1H2,2-4H3,(H,20,21)/t18-,22?/m0/s1. The summed E-state index contributed by atoms with van der Waals surface area (Å²) in [4.78, 5) is 0. The molecule has 116 valence electrons. The van der Waals surface area contributed by atoms with Gasteiger partial charge in [0.05, 0.1) is 6.04 Å². The third-order valence-corrected chi connectivity index (χ3v) is 7.34. The highest BCUT2D eigenvalue weighted by Gasteiger charge is 2.39. The Balaban J connectivity index is 2.44. The molecule has 0 bridgehead atoms. The lowest BCUT2D eigenvalue weighted by Gasteiger charge is -2.35. The van der Waals surface area contributed by atoms with Crippen molar-refractivity contribution in [2.24, 2.45) is 0 Å². The van der Waals surface area contributed by atoms with Crippen molar-refractivity contribution in [3.63, 3.8) is 0 Å². The lowest BCUT2D eigenvalue weighted by molar-refractivity contribution is 0.539. The molecule has 2 aromatic carbocycles. The zero-order valence-corrected chi connectivity index (χ0v) is 14.4. The van der Waals surface area contributed by atoms with Gasteiger partial charge in [0.15, 0.2) is 7.29 Å². The molecule has 1 unspecified atom stereocenters. The highest BCUT2D eigenvalue weighted by molar-refractivity contribution is 7.71. The van der Waals surface area contributed by atoms with Crippen molar-refractivity contribution in [2.75, 3.05) is 0 Å². The molecule has 0 aliphatic heterocycles. The average molecular weight is 313 g/mol. The molecule has 0 aliphatic rings. The van der Waals surface area contributed by atoms with Crippen LogP contribution in [0.5, 0.6) is 0 Å². The fourth-order valence-electron chi connectivity index (χ4n) is 2.41. The molecule has 0 amide bonds. The molecule has 2 nitrogen and oxygen atoms in total. The van der Waals surface area contributed by atoms with Gasteiger partial charge in [-0.05, 0) is 5.56 Å². The highest BCUT2D eigenvalue weighted by Crippen LogP contribution is 2.54. The van der Waals surface area contributed by atoms with Gasteiger partial charge in [0.1, 0.15) is 0 Å². The van der Waals surface area contributed by atoms with Gasteiger partial charge in [-0.2, -0.15) is 0 Å². The monoisotopic (exact) mass is 313 g/mol. The van der Waals surface area contributed by atoms with Crippen LogP contribution in [0.25, 0.3) is 0 Å². The number of hydrogen-bond donors (Lipinski definition) is 1. The SMILES string of the molecule is C=C[C@H](NP(=O)(c1ccccc1)C(C)(C)C)c1ccccc1. The van der Waals surface area contributed by atoms with E-state index in [0.717, 1.165) is 10.9 Å². The number of benzene rings is 2. The Morgan fingerprint density at radius 3 is 1.95 bits per heavy atom. The summed E-state index contributed by atoms with van der Waals surface area (Å²) in [7, 11) is -2.81. The Labute approximate surface area is 133 Å². The van der Waals surface area contributed by atoms with Crippen LogP contribution in [-0.4, -0.2) is 5.16 Å². The van der Waals surface area contributed by atoms with Gasteiger partial charge in [-0.15, -0.1) is 6.58 Å². The van der Waals surface area contributed by atoms with Crippen LogP contribution in [0.4, 0.5) is 0 Å². The predicted octanol–water partition coefficient (Wildman–Crippen LogP) is 4.91. The van der Waals surface area contributed by atoms with Crippen LogP contribution in [0.1, 0.15) is 32.4 Å². The van der Waals surface area contributed by atoms with E-state index in [1.54, 1.807) is 0 Å². The first-order valence-electron chi connectivity index (χ1n) is 7.49. The first-order chi connectivity index (χ1) is 10.4. The maximum Gasteiger partial charge on any atom is 0.181 e. The first-order valence-corrected chi connectivity index (χ1v) is 9.20. The van der Waals surface area contributed by atoms with E-state index in [2.05, 4.69) is 11.7 Å². The van der Waals surface area contributed by atoms with Crippen LogP contribution in [0.3, 0.4) is 0 Å². The molecule has 3 heteroatoms. The molecule has 0 saturated heterocycles. The predicted molar refractivity (Wildman–Crippen MR) is 96.0 cm³/mol. The van der Waals surface area contributed by atoms with Gasteiger partial charge in [0.25, 0.3) is 0 Å². The largest absolute Gasteiger partial charge is 0.301 e. The fraction of sp³-hybridized carbons (Fsp3) is 0.263. The zero-order chi connectivity index (χ0) is 16.2. The summed E-state index contributed by atoms with van der Waals surface area (Å²) in [5.74, 6) is 0. The van der Waals surface area contributed by atoms with Gasteiger partial charge in [-0.25, -0.2) is 0 Å². The third-order valence-electron chi connectivity index (χ3n) is 3.78. The minimum atomic E-state index is -2.81. The molecule has 0 radical (unpaired) electrons. The van der Waals surface area contributed by atoms with Gasteiger partial charge >= 0.3 is 0 Å². The second-order valence-electron chi connectivity index (χ2n) is 6.37. The summed E-state index contributed by atoms with van der Waals surface area (Å²) in [6.45, 7) is 9.95. The lowest BCUT2D eigenvalue weighted by atomic mass is 10.1. The molecular weight excluding hydrogens is 289 g/mol. The lowest BCUT2D eigenvalue weighted by Crippen LogP contribution is -2.34. The van der Waals surface area contributed by atoms with E-state index in [-0.39, 0.29) is 11.2 Å². The van der Waals surface area contributed by atoms with Gasteiger partial charge in [-0.1, -0.05) is 87.5 Å². The van der Waals surface area contributed by atoms with Crippen molar-refractivity contribution in [1.82, 2.24) is 5.09 Å². The van der Waals surface area contributed by atoms with Crippen molar-refractivity contribution >= 4 is 12.6 Å². The Hall–Kier alpha value is -1.63. The molecule has 2 aromatic rings. The van der Waals surface area contributed by atoms with Crippen molar-refractivity contribution in [3.05, 3.63) is 78.9 Å². The minimum Gasteiger partial charge on any atom is -0.301 e. The molecule has 1 N–H and O–H groups in total. The second kappa shape index (κ2) is 6.64. The Bertz CT molecular complexity index is 659. The number of hydrogen-bond acceptors (Lipinski definition) is 1. The molecule has 0 aromatic heterocycles. The van der Waals surface area contributed by atoms with Gasteiger partial charge in [0.2, 0.25) is 0 Å². The summed E-state index contributed by atoms with van der Waals surface area (Å²) < 4.78 is 13.8. The second-order valence-corrected chi connectivity index (χ2v) is 9.70. The van der Waals surface area contributed by atoms with Crippen molar-refractivity contribution in [1.29, 1.82) is 0 Å². The van der Waals surface area contributed by atoms with E-state index in [1.807, 2.05) is 87.5 Å². The van der Waals surface area contributed by atoms with Crippen molar-refractivity contribution in [3.8, 4) is 0 Å². The van der Waals surface area contributed by atoms with Gasteiger partial charge < -0.3 is 4.57 Å². The van der Waals surface area contributed by atoms with E-state index < -0.39 is 7.29 Å². The summed E-state index contributed by atoms with van der Waals surface area (Å²) >= 11 is 0. The molecule has 22 heavy (non-hydrogen) atoms. The van der Waals surface area contributed by atoms with Crippen molar-refractivity contribution in [2.45, 2.75) is 32.0 Å². The molecule has 0 fully saturated rings. The maximum atomic E-state index is 13.8. The van der Waals surface area contributed by atoms with Gasteiger partial charge in [0, 0.05) is 10.5 Å². The molecular formula is C19H24NOP. The van der Waals surface area contributed by atoms with Crippen LogP contribution >= 0.6 is 7.29 Å². The van der Waals surface area contributed by atoms with Crippen LogP contribution < -0.4 is 10.4 Å². The van der Waals surface area contributed by atoms with E-state index >= 15 is 0 Å². The smallest absolute Gasteiger partial charge is 0.181 e. The molecule has 2 atom stereocenters. The normalized spacial score (nSPS) is 15.8. The molecule has 2 rings (SSSR count). The Kier molecular flexibility index (Phi) is 5.05. The van der Waals surface area contributed by atoms with Crippen LogP contribution in [0, 0.1) is 0 Å². The fourth-order valence-corrected chi connectivity index (χ4v) is 4.96. The Morgan fingerprint density at radius 1 is 1.00 bits per heavy atom. The Morgan fingerprint density at radius 2 is 1.50 bits per heavy atom. The van der Waals surface area contributed by atoms with E-state index in [1.165, 1.54) is 0 Å². The third kappa shape index (κ3) is 3.40. The average Bonchev–Trinajstić information content (AvgIpc) is 2.53. The highest BCUT2D eigenvalue weighted by atomic mass is 31.2. The maximum absolute atomic E-state index is 13.8. The van der Waals surface area contributed by atoms with E-state index in [0.29, 0.717) is 0 Å². The van der Waals surface area contributed by atoms with Crippen LogP contribution in [0.15, 0.2) is 73.3 Å². The quantitative estimate of drug-likeness (QED) is 0.628. The van der Waals surface area contributed by atoms with Crippen LogP contribution in [0.2, 0.25) is 0 Å². The summed E-state index contributed by atoms with van der Waals surface area (Å²) in [6.07, 6.45) is 1.82. The van der Waals surface area contributed by atoms with Gasteiger partial charge in [-0.3, -0.25) is 5.09 Å². The van der Waals surface area contributed by atoms with E-state index in [4.69, 9.17) is 0 Å². The molecule has 0 aliphatic carbocycles. The number of nitrogens with one attached hydrogen (secondary N) is 1. The zero-order valence-electron chi connectivity index (χ0n) is 13.5. The minimum absolute atomic E-state index is 0.147. The van der Waals surface area contributed by atoms with Crippen LogP contribution in [-0.2, 0) is 4.57 Å². The molecule has 0 saturated carbocycles. The molecule has 0 spiro atoms. The molecule has 0 heterocycles. The summed E-state index contributed by atoms with van der Waals surface area (Å²) in [5.41, 5.74) is 1.07. The summed E-state index contributed by atoms with van der Waals surface area (Å²) in [5, 5.41) is 3.86. The van der Waals surface area contributed by atoms with Crippen molar-refractivity contribution < 1.29 is 4.57 Å². The topological polar surface area (TPSA) is 29.1 Å². The van der Waals surface area contributed by atoms with E-state index in [9.17, 15) is 4.57 Å².